The molecule has 0 saturated carbocycles. The number of hydrogen-bond donors (Lipinski definition) is 1. The van der Waals surface area contributed by atoms with Crippen molar-refractivity contribution in [2.24, 2.45) is 0 Å². The average Bonchev–Trinajstić information content (AvgIpc) is 2.52. The summed E-state index contributed by atoms with van der Waals surface area (Å²) in [5, 5.41) is 3.39. The molecule has 3 nitrogen and oxygen atoms in total. The van der Waals surface area contributed by atoms with Crippen LogP contribution in [0, 0.1) is 5.82 Å². The predicted molar refractivity (Wildman–Crippen MR) is 110 cm³/mol. The Hall–Kier alpha value is -0.850. The molecule has 0 spiro atoms. The van der Waals surface area contributed by atoms with Gasteiger partial charge in [-0.2, -0.15) is 0 Å². The topological polar surface area (TPSA) is 24.5 Å². The molecule has 0 aromatic heterocycles. The van der Waals surface area contributed by atoms with E-state index in [1.165, 1.54) is 6.07 Å². The van der Waals surface area contributed by atoms with Crippen LogP contribution in [0.15, 0.2) is 46.9 Å². The molecule has 0 radical (unpaired) electrons. The van der Waals surface area contributed by atoms with E-state index in [0.29, 0.717) is 12.1 Å². The molecule has 2 aromatic carbocycles. The Kier molecular flexibility index (Phi) is 12.1. The maximum Gasteiger partial charge on any atom is 0.129 e. The molecule has 1 N–H and O–H groups in total. The first-order chi connectivity index (χ1) is 11.1. The number of benzene rings is 2. The summed E-state index contributed by atoms with van der Waals surface area (Å²) in [6.45, 7) is 2.80. The van der Waals surface area contributed by atoms with Crippen LogP contribution in [0.4, 0.5) is 4.39 Å². The lowest BCUT2D eigenvalue weighted by Gasteiger charge is -2.14. The zero-order valence-electron chi connectivity index (χ0n) is 14.3. The molecule has 0 aliphatic rings. The maximum atomic E-state index is 13.7. The van der Waals surface area contributed by atoms with Crippen molar-refractivity contribution in [1.82, 2.24) is 10.2 Å². The smallest absolute Gasteiger partial charge is 0.129 e. The molecule has 0 saturated heterocycles. The first-order valence-corrected chi connectivity index (χ1v) is 8.35. The van der Waals surface area contributed by atoms with Crippen molar-refractivity contribution in [3.8, 4) is 5.75 Å². The lowest BCUT2D eigenvalue weighted by molar-refractivity contribution is 0.295. The van der Waals surface area contributed by atoms with Gasteiger partial charge >= 0.3 is 0 Å². The molecule has 25 heavy (non-hydrogen) atoms. The van der Waals surface area contributed by atoms with E-state index in [2.05, 4.69) is 26.1 Å². The van der Waals surface area contributed by atoms with Gasteiger partial charge in [-0.15, -0.1) is 24.8 Å². The second kappa shape index (κ2) is 12.5. The van der Waals surface area contributed by atoms with Crippen LogP contribution in [-0.4, -0.2) is 32.1 Å². The summed E-state index contributed by atoms with van der Waals surface area (Å²) in [5.41, 5.74) is 1.61. The van der Waals surface area contributed by atoms with Crippen molar-refractivity contribution < 1.29 is 9.13 Å². The van der Waals surface area contributed by atoms with Crippen molar-refractivity contribution in [3.63, 3.8) is 0 Å². The van der Waals surface area contributed by atoms with Crippen LogP contribution in [0.5, 0.6) is 5.75 Å². The van der Waals surface area contributed by atoms with Gasteiger partial charge in [-0.1, -0.05) is 34.1 Å². The highest BCUT2D eigenvalue weighted by Crippen LogP contribution is 2.24. The molecule has 0 heterocycles. The predicted octanol–water partition coefficient (Wildman–Crippen LogP) is 4.66. The Bertz CT molecular complexity index is 644. The first kappa shape index (κ1) is 24.1. The van der Waals surface area contributed by atoms with Crippen LogP contribution in [0.1, 0.15) is 11.1 Å². The maximum absolute atomic E-state index is 13.7. The van der Waals surface area contributed by atoms with E-state index in [1.807, 2.05) is 38.4 Å². The summed E-state index contributed by atoms with van der Waals surface area (Å²) in [4.78, 5) is 2.13. The van der Waals surface area contributed by atoms with Gasteiger partial charge in [-0.05, 0) is 38.4 Å². The molecule has 0 unspecified atom stereocenters. The largest absolute Gasteiger partial charge is 0.488 e. The molecule has 140 valence electrons. The molecule has 2 aromatic rings. The van der Waals surface area contributed by atoms with Gasteiger partial charge < -0.3 is 15.0 Å². The van der Waals surface area contributed by atoms with E-state index < -0.39 is 0 Å². The lowest BCUT2D eigenvalue weighted by atomic mass is 10.2. The molecule has 0 bridgehead atoms. The lowest BCUT2D eigenvalue weighted by Crippen LogP contribution is -2.26. The van der Waals surface area contributed by atoms with E-state index in [0.717, 1.165) is 28.9 Å². The molecule has 0 aliphatic heterocycles. The number of likely N-dealkylation sites (N-methyl/N-ethyl adjacent to an activating group) is 1. The molecule has 0 atom stereocenters. The third-order valence-electron chi connectivity index (χ3n) is 3.41. The molecule has 0 amide bonds. The van der Waals surface area contributed by atoms with Crippen LogP contribution in [0.25, 0.3) is 0 Å². The summed E-state index contributed by atoms with van der Waals surface area (Å²) < 4.78 is 20.5. The third kappa shape index (κ3) is 8.38. The van der Waals surface area contributed by atoms with E-state index in [-0.39, 0.29) is 37.2 Å². The highest BCUT2D eigenvalue weighted by atomic mass is 79.9. The first-order valence-electron chi connectivity index (χ1n) is 7.56. The van der Waals surface area contributed by atoms with Gasteiger partial charge in [-0.25, -0.2) is 4.39 Å². The second-order valence-electron chi connectivity index (χ2n) is 5.61. The van der Waals surface area contributed by atoms with Gasteiger partial charge in [0.1, 0.15) is 18.2 Å². The zero-order valence-corrected chi connectivity index (χ0v) is 17.5. The van der Waals surface area contributed by atoms with Gasteiger partial charge in [-0.3, -0.25) is 0 Å². The van der Waals surface area contributed by atoms with Gasteiger partial charge in [0.2, 0.25) is 0 Å². The summed E-state index contributed by atoms with van der Waals surface area (Å²) in [6.07, 6.45) is 0. The number of hydrogen-bond acceptors (Lipinski definition) is 3. The molecular formula is C18H24BrCl2FN2O. The number of ether oxygens (including phenoxy) is 1. The van der Waals surface area contributed by atoms with E-state index >= 15 is 0 Å². The van der Waals surface area contributed by atoms with Crippen LogP contribution >= 0.6 is 40.7 Å². The van der Waals surface area contributed by atoms with E-state index in [9.17, 15) is 4.39 Å². The fourth-order valence-electron chi connectivity index (χ4n) is 2.12. The van der Waals surface area contributed by atoms with Gasteiger partial charge in [0, 0.05) is 35.2 Å². The molecule has 0 fully saturated rings. The van der Waals surface area contributed by atoms with Crippen LogP contribution in [0.2, 0.25) is 0 Å². The molecule has 7 heteroatoms. The number of nitrogens with zero attached hydrogens (tertiary/aromatic N) is 1. The highest BCUT2D eigenvalue weighted by molar-refractivity contribution is 9.10. The number of rotatable bonds is 8. The highest BCUT2D eigenvalue weighted by Gasteiger charge is 2.07. The normalized spacial score (nSPS) is 10.1. The molecular weight excluding hydrogens is 430 g/mol. The van der Waals surface area contributed by atoms with Gasteiger partial charge in [0.05, 0.1) is 0 Å². The Morgan fingerprint density at radius 1 is 1.08 bits per heavy atom. The fourth-order valence-corrected chi connectivity index (χ4v) is 2.53. The summed E-state index contributed by atoms with van der Waals surface area (Å²) in [5.74, 6) is 0.532. The van der Waals surface area contributed by atoms with Crippen molar-refractivity contribution in [1.29, 1.82) is 0 Å². The quantitative estimate of drug-likeness (QED) is 0.588. The summed E-state index contributed by atoms with van der Waals surface area (Å²) in [6, 6.07) is 12.5. The monoisotopic (exact) mass is 452 g/mol. The zero-order chi connectivity index (χ0) is 16.7. The SMILES string of the molecule is CN(C)CCNCc1cc(Br)ccc1OCc1ccccc1F.Cl.Cl. The number of nitrogens with one attached hydrogen (secondary N) is 1. The minimum atomic E-state index is -0.240. The summed E-state index contributed by atoms with van der Waals surface area (Å²) >= 11 is 3.48. The summed E-state index contributed by atoms with van der Waals surface area (Å²) in [7, 11) is 4.09. The van der Waals surface area contributed by atoms with Crippen LogP contribution in [0.3, 0.4) is 0 Å². The van der Waals surface area contributed by atoms with Crippen LogP contribution < -0.4 is 10.1 Å². The molecule has 0 aliphatic carbocycles. The van der Waals surface area contributed by atoms with Crippen molar-refractivity contribution in [2.45, 2.75) is 13.2 Å². The number of halogens is 4. The van der Waals surface area contributed by atoms with Crippen LogP contribution in [-0.2, 0) is 13.2 Å². The Balaban J connectivity index is 0.00000288. The van der Waals surface area contributed by atoms with E-state index in [1.54, 1.807) is 12.1 Å². The average molecular weight is 454 g/mol. The standard InChI is InChI=1S/C18H22BrFN2O.2ClH/c1-22(2)10-9-21-12-15-11-16(19)7-8-18(15)23-13-14-5-3-4-6-17(14)20;;/h3-8,11,21H,9-10,12-13H2,1-2H3;2*1H. The second-order valence-corrected chi connectivity index (χ2v) is 6.53. The minimum absolute atomic E-state index is 0. The van der Waals surface area contributed by atoms with E-state index in [4.69, 9.17) is 4.74 Å². The fraction of sp³-hybridized carbons (Fsp3) is 0.333. The van der Waals surface area contributed by atoms with Crippen molar-refractivity contribution in [3.05, 3.63) is 63.9 Å². The Morgan fingerprint density at radius 3 is 2.48 bits per heavy atom. The van der Waals surface area contributed by atoms with Crippen molar-refractivity contribution in [2.75, 3.05) is 27.2 Å². The third-order valence-corrected chi connectivity index (χ3v) is 3.91. The Morgan fingerprint density at radius 2 is 1.80 bits per heavy atom. The minimum Gasteiger partial charge on any atom is -0.488 e. The molecule has 2 rings (SSSR count). The van der Waals surface area contributed by atoms with Gasteiger partial charge in [0.25, 0.3) is 0 Å². The van der Waals surface area contributed by atoms with Crippen molar-refractivity contribution >= 4 is 40.7 Å². The Labute approximate surface area is 169 Å². The van der Waals surface area contributed by atoms with Gasteiger partial charge in [0.15, 0.2) is 0 Å².